The van der Waals surface area contributed by atoms with Crippen molar-refractivity contribution in [2.24, 2.45) is 7.05 Å². The average Bonchev–Trinajstić information content (AvgIpc) is 2.26. The summed E-state index contributed by atoms with van der Waals surface area (Å²) in [5.41, 5.74) is 7.17. The number of aryl methyl sites for hydroxylation is 1. The Balaban J connectivity index is 0.000000531. The van der Waals surface area contributed by atoms with Crippen molar-refractivity contribution < 1.29 is 0 Å². The van der Waals surface area contributed by atoms with Crippen LogP contribution in [-0.4, -0.2) is 4.57 Å². The van der Waals surface area contributed by atoms with E-state index in [1.165, 1.54) is 0 Å². The van der Waals surface area contributed by atoms with E-state index in [-0.39, 0.29) is 5.56 Å². The Hall–Kier alpha value is -1.77. The van der Waals surface area contributed by atoms with Gasteiger partial charge in [0.25, 0.3) is 5.56 Å². The average molecular weight is 204 g/mol. The van der Waals surface area contributed by atoms with Gasteiger partial charge in [0.1, 0.15) is 0 Å². The first-order chi connectivity index (χ1) is 7.20. The standard InChI is InChI=1S/C10H10N2O.C2H6/c1-12-9(13)6-5-7-3-2-4-8(11)10(7)12;1-2/h2-6H,11H2,1H3;1-2H3. The van der Waals surface area contributed by atoms with E-state index >= 15 is 0 Å². The van der Waals surface area contributed by atoms with Gasteiger partial charge in [0, 0.05) is 18.5 Å². The highest BCUT2D eigenvalue weighted by atomic mass is 16.1. The largest absolute Gasteiger partial charge is 0.397 e. The SMILES string of the molecule is CC.Cn1c(=O)ccc2cccc(N)c21. The molecule has 0 aliphatic heterocycles. The molecule has 0 atom stereocenters. The Labute approximate surface area is 89.1 Å². The molecule has 0 saturated carbocycles. The molecule has 0 amide bonds. The van der Waals surface area contributed by atoms with Crippen molar-refractivity contribution in [3.63, 3.8) is 0 Å². The Morgan fingerprint density at radius 2 is 1.80 bits per heavy atom. The van der Waals surface area contributed by atoms with Crippen molar-refractivity contribution in [1.82, 2.24) is 4.57 Å². The number of pyridine rings is 1. The van der Waals surface area contributed by atoms with Crippen LogP contribution in [0.3, 0.4) is 0 Å². The number of para-hydroxylation sites is 1. The lowest BCUT2D eigenvalue weighted by molar-refractivity contribution is 0.907. The van der Waals surface area contributed by atoms with E-state index in [0.717, 1.165) is 10.9 Å². The maximum Gasteiger partial charge on any atom is 0.250 e. The van der Waals surface area contributed by atoms with Crippen LogP contribution in [0.2, 0.25) is 0 Å². The lowest BCUT2D eigenvalue weighted by Gasteiger charge is -2.05. The van der Waals surface area contributed by atoms with Crippen molar-refractivity contribution in [1.29, 1.82) is 0 Å². The van der Waals surface area contributed by atoms with Gasteiger partial charge in [-0.25, -0.2) is 0 Å². The van der Waals surface area contributed by atoms with Crippen molar-refractivity contribution in [2.45, 2.75) is 13.8 Å². The van der Waals surface area contributed by atoms with Gasteiger partial charge in [-0.15, -0.1) is 0 Å². The molecule has 2 aromatic rings. The number of fused-ring (bicyclic) bond motifs is 1. The van der Waals surface area contributed by atoms with E-state index < -0.39 is 0 Å². The number of nitrogens with zero attached hydrogens (tertiary/aromatic N) is 1. The fourth-order valence-corrected chi connectivity index (χ4v) is 1.48. The summed E-state index contributed by atoms with van der Waals surface area (Å²) in [6, 6.07) is 8.94. The second-order valence-corrected chi connectivity index (χ2v) is 3.02. The van der Waals surface area contributed by atoms with Gasteiger partial charge in [-0.05, 0) is 12.1 Å². The smallest absolute Gasteiger partial charge is 0.250 e. The quantitative estimate of drug-likeness (QED) is 0.668. The van der Waals surface area contributed by atoms with Gasteiger partial charge in [-0.3, -0.25) is 4.79 Å². The first kappa shape index (κ1) is 11.3. The van der Waals surface area contributed by atoms with Crippen LogP contribution in [0, 0.1) is 0 Å². The zero-order valence-corrected chi connectivity index (χ0v) is 9.32. The fourth-order valence-electron chi connectivity index (χ4n) is 1.48. The van der Waals surface area contributed by atoms with Crippen molar-refractivity contribution >= 4 is 16.6 Å². The summed E-state index contributed by atoms with van der Waals surface area (Å²) in [4.78, 5) is 11.3. The van der Waals surface area contributed by atoms with E-state index in [0.29, 0.717) is 5.69 Å². The zero-order chi connectivity index (χ0) is 11.4. The van der Waals surface area contributed by atoms with Gasteiger partial charge < -0.3 is 10.3 Å². The zero-order valence-electron chi connectivity index (χ0n) is 9.32. The predicted molar refractivity (Wildman–Crippen MR) is 64.9 cm³/mol. The molecule has 15 heavy (non-hydrogen) atoms. The second kappa shape index (κ2) is 4.64. The highest BCUT2D eigenvalue weighted by Crippen LogP contribution is 2.17. The number of hydrogen-bond donors (Lipinski definition) is 1. The molecule has 1 aromatic carbocycles. The summed E-state index contributed by atoms with van der Waals surface area (Å²) >= 11 is 0. The minimum Gasteiger partial charge on any atom is -0.397 e. The van der Waals surface area contributed by atoms with Crippen molar-refractivity contribution in [3.05, 3.63) is 40.7 Å². The molecule has 2 rings (SSSR count). The van der Waals surface area contributed by atoms with Gasteiger partial charge in [0.15, 0.2) is 0 Å². The third-order valence-electron chi connectivity index (χ3n) is 2.17. The molecule has 0 aliphatic rings. The molecule has 80 valence electrons. The van der Waals surface area contributed by atoms with Crippen LogP contribution in [0.5, 0.6) is 0 Å². The number of aromatic nitrogens is 1. The molecule has 1 heterocycles. The Morgan fingerprint density at radius 3 is 2.47 bits per heavy atom. The summed E-state index contributed by atoms with van der Waals surface area (Å²) in [5, 5.41) is 0.988. The normalized spacial score (nSPS) is 9.53. The summed E-state index contributed by atoms with van der Waals surface area (Å²) < 4.78 is 1.56. The topological polar surface area (TPSA) is 48.0 Å². The molecule has 0 radical (unpaired) electrons. The van der Waals surface area contributed by atoms with Crippen molar-refractivity contribution in [2.75, 3.05) is 5.73 Å². The fraction of sp³-hybridized carbons (Fsp3) is 0.250. The monoisotopic (exact) mass is 204 g/mol. The number of nitrogen functional groups attached to an aromatic ring is 1. The molecule has 0 fully saturated rings. The van der Waals surface area contributed by atoms with Crippen LogP contribution < -0.4 is 11.3 Å². The Morgan fingerprint density at radius 1 is 1.13 bits per heavy atom. The molecule has 0 saturated heterocycles. The third-order valence-corrected chi connectivity index (χ3v) is 2.17. The van der Waals surface area contributed by atoms with E-state index in [9.17, 15) is 4.79 Å². The molecule has 0 bridgehead atoms. The van der Waals surface area contributed by atoms with Gasteiger partial charge in [-0.1, -0.05) is 26.0 Å². The van der Waals surface area contributed by atoms with Gasteiger partial charge in [0.2, 0.25) is 0 Å². The summed E-state index contributed by atoms with van der Waals surface area (Å²) in [7, 11) is 1.72. The molecule has 3 heteroatoms. The Bertz CT molecular complexity index is 515. The number of anilines is 1. The molecule has 1 aromatic heterocycles. The van der Waals surface area contributed by atoms with Crippen LogP contribution in [0.4, 0.5) is 5.69 Å². The van der Waals surface area contributed by atoms with Crippen LogP contribution >= 0.6 is 0 Å². The lowest BCUT2D eigenvalue weighted by atomic mass is 10.2. The van der Waals surface area contributed by atoms with Crippen LogP contribution in [0.15, 0.2) is 35.1 Å². The van der Waals surface area contributed by atoms with Crippen LogP contribution in [0.25, 0.3) is 10.9 Å². The van der Waals surface area contributed by atoms with E-state index in [2.05, 4.69) is 0 Å². The number of nitrogens with two attached hydrogens (primary N) is 1. The summed E-state index contributed by atoms with van der Waals surface area (Å²) in [6.45, 7) is 4.00. The maximum atomic E-state index is 11.3. The molecule has 0 spiro atoms. The summed E-state index contributed by atoms with van der Waals surface area (Å²) in [6.07, 6.45) is 0. The summed E-state index contributed by atoms with van der Waals surface area (Å²) in [5.74, 6) is 0. The van der Waals surface area contributed by atoms with Crippen LogP contribution in [0.1, 0.15) is 13.8 Å². The van der Waals surface area contributed by atoms with Crippen LogP contribution in [-0.2, 0) is 7.05 Å². The second-order valence-electron chi connectivity index (χ2n) is 3.02. The third kappa shape index (κ3) is 2.01. The molecule has 2 N–H and O–H groups in total. The van der Waals surface area contributed by atoms with Gasteiger partial charge in [0.05, 0.1) is 11.2 Å². The predicted octanol–water partition coefficient (Wildman–Crippen LogP) is 2.15. The Kier molecular flexibility index (Phi) is 3.50. The highest BCUT2D eigenvalue weighted by molar-refractivity contribution is 5.89. The maximum absolute atomic E-state index is 11.3. The lowest BCUT2D eigenvalue weighted by Crippen LogP contribution is -2.15. The minimum atomic E-state index is -0.0367. The first-order valence-corrected chi connectivity index (χ1v) is 5.04. The number of hydrogen-bond acceptors (Lipinski definition) is 2. The van der Waals surface area contributed by atoms with Gasteiger partial charge in [-0.2, -0.15) is 0 Å². The molecular formula is C12H16N2O. The van der Waals surface area contributed by atoms with Crippen molar-refractivity contribution in [3.8, 4) is 0 Å². The van der Waals surface area contributed by atoms with E-state index in [1.54, 1.807) is 29.8 Å². The molecule has 0 aliphatic carbocycles. The minimum absolute atomic E-state index is 0.0367. The number of benzene rings is 1. The first-order valence-electron chi connectivity index (χ1n) is 5.04. The number of rotatable bonds is 0. The molecular weight excluding hydrogens is 188 g/mol. The van der Waals surface area contributed by atoms with Gasteiger partial charge >= 0.3 is 0 Å². The molecule has 3 nitrogen and oxygen atoms in total. The van der Waals surface area contributed by atoms with E-state index in [1.807, 2.05) is 26.0 Å². The van der Waals surface area contributed by atoms with E-state index in [4.69, 9.17) is 5.73 Å². The highest BCUT2D eigenvalue weighted by Gasteiger charge is 2.00. The molecule has 0 unspecified atom stereocenters.